The molecule has 5 nitrogen and oxygen atoms in total. The number of halogens is 1. The molecule has 0 aliphatic rings. The molecule has 2 heterocycles. The van der Waals surface area contributed by atoms with E-state index in [0.717, 1.165) is 6.42 Å². The maximum atomic E-state index is 12.4. The fourth-order valence-electron chi connectivity index (χ4n) is 2.19. The molecule has 2 aromatic heterocycles. The van der Waals surface area contributed by atoms with E-state index in [0.29, 0.717) is 22.2 Å². The van der Waals surface area contributed by atoms with Crippen LogP contribution in [0.5, 0.6) is 0 Å². The Labute approximate surface area is 124 Å². The second-order valence-electron chi connectivity index (χ2n) is 4.59. The lowest BCUT2D eigenvalue weighted by Gasteiger charge is -2.05. The molecule has 0 bridgehead atoms. The van der Waals surface area contributed by atoms with Crippen LogP contribution in [0.3, 0.4) is 0 Å². The Morgan fingerprint density at radius 2 is 2.00 bits per heavy atom. The van der Waals surface area contributed by atoms with Gasteiger partial charge in [0.05, 0.1) is 6.33 Å². The molecule has 0 radical (unpaired) electrons. The molecule has 0 unspecified atom stereocenters. The second-order valence-corrected chi connectivity index (χ2v) is 5.34. The van der Waals surface area contributed by atoms with Gasteiger partial charge in [-0.15, -0.1) is 0 Å². The van der Waals surface area contributed by atoms with Gasteiger partial charge in [-0.25, -0.2) is 9.67 Å². The van der Waals surface area contributed by atoms with E-state index in [1.165, 1.54) is 5.56 Å². The van der Waals surface area contributed by atoms with Crippen LogP contribution in [0.25, 0.3) is 11.0 Å². The average Bonchev–Trinajstić information content (AvgIpc) is 2.75. The molecule has 0 spiro atoms. The van der Waals surface area contributed by atoms with Crippen molar-refractivity contribution in [2.75, 3.05) is 0 Å². The van der Waals surface area contributed by atoms with Crippen LogP contribution in [0.1, 0.15) is 5.56 Å². The molecule has 0 amide bonds. The van der Waals surface area contributed by atoms with Crippen LogP contribution >= 0.6 is 15.9 Å². The van der Waals surface area contributed by atoms with Crippen molar-refractivity contribution < 1.29 is 0 Å². The molecular weight excluding hydrogens is 320 g/mol. The van der Waals surface area contributed by atoms with Crippen molar-refractivity contribution in [3.8, 4) is 0 Å². The van der Waals surface area contributed by atoms with Crippen LogP contribution in [0.15, 0.2) is 46.1 Å². The summed E-state index contributed by atoms with van der Waals surface area (Å²) in [5.74, 6) is 0. The minimum absolute atomic E-state index is 0.0640. The van der Waals surface area contributed by atoms with Crippen molar-refractivity contribution >= 4 is 27.0 Å². The van der Waals surface area contributed by atoms with Crippen molar-refractivity contribution in [2.24, 2.45) is 7.05 Å². The highest BCUT2D eigenvalue weighted by atomic mass is 79.9. The predicted octanol–water partition coefficient (Wildman–Crippen LogP) is 2.14. The number of nitrogens with zero attached hydrogens (tertiary/aromatic N) is 4. The molecule has 102 valence electrons. The number of aryl methyl sites for hydroxylation is 3. The third-order valence-electron chi connectivity index (χ3n) is 3.25. The Morgan fingerprint density at radius 1 is 1.25 bits per heavy atom. The molecule has 6 heteroatoms. The van der Waals surface area contributed by atoms with Gasteiger partial charge in [-0.2, -0.15) is 5.10 Å². The van der Waals surface area contributed by atoms with Gasteiger partial charge in [0, 0.05) is 13.6 Å². The maximum Gasteiger partial charge on any atom is 0.265 e. The zero-order chi connectivity index (χ0) is 14.1. The number of fused-ring (bicyclic) bond motifs is 1. The average molecular weight is 333 g/mol. The first-order chi connectivity index (χ1) is 9.66. The van der Waals surface area contributed by atoms with E-state index < -0.39 is 0 Å². The zero-order valence-electron chi connectivity index (χ0n) is 11.0. The summed E-state index contributed by atoms with van der Waals surface area (Å²) in [4.78, 5) is 16.7. The first kappa shape index (κ1) is 13.1. The lowest BCUT2D eigenvalue weighted by molar-refractivity contribution is 0.660. The van der Waals surface area contributed by atoms with E-state index in [-0.39, 0.29) is 5.56 Å². The molecule has 0 atom stereocenters. The van der Waals surface area contributed by atoms with Crippen molar-refractivity contribution in [3.05, 3.63) is 57.2 Å². The second kappa shape index (κ2) is 5.20. The minimum atomic E-state index is -0.0640. The summed E-state index contributed by atoms with van der Waals surface area (Å²) in [6, 6.07) is 10.1. The van der Waals surface area contributed by atoms with Crippen LogP contribution < -0.4 is 5.56 Å². The summed E-state index contributed by atoms with van der Waals surface area (Å²) >= 11 is 3.31. The number of benzene rings is 1. The smallest absolute Gasteiger partial charge is 0.265 e. The lowest BCUT2D eigenvalue weighted by atomic mass is 10.1. The molecular formula is C14H13BrN4O. The van der Waals surface area contributed by atoms with Gasteiger partial charge in [0.25, 0.3) is 5.56 Å². The fourth-order valence-corrected chi connectivity index (χ4v) is 2.77. The summed E-state index contributed by atoms with van der Waals surface area (Å²) in [7, 11) is 1.77. The first-order valence-electron chi connectivity index (χ1n) is 6.28. The number of hydrogen-bond donors (Lipinski definition) is 0. The highest BCUT2D eigenvalue weighted by Crippen LogP contribution is 2.16. The van der Waals surface area contributed by atoms with Crippen LogP contribution in [0, 0.1) is 0 Å². The molecule has 0 aliphatic carbocycles. The molecule has 0 saturated heterocycles. The quantitative estimate of drug-likeness (QED) is 0.738. The molecule has 1 aromatic carbocycles. The Bertz CT molecular complexity index is 807. The van der Waals surface area contributed by atoms with Crippen LogP contribution in [0.2, 0.25) is 0 Å². The van der Waals surface area contributed by atoms with E-state index in [4.69, 9.17) is 0 Å². The monoisotopic (exact) mass is 332 g/mol. The number of hydrogen-bond acceptors (Lipinski definition) is 3. The fraction of sp³-hybridized carbons (Fsp3) is 0.214. The standard InChI is InChI=1S/C14H13BrN4O/c1-18-13-11(12(15)17-18)14(20)19(9-16-13)8-7-10-5-3-2-4-6-10/h2-6,9H,7-8H2,1H3. The van der Waals surface area contributed by atoms with Gasteiger partial charge in [-0.3, -0.25) is 9.36 Å². The van der Waals surface area contributed by atoms with E-state index in [9.17, 15) is 4.79 Å². The summed E-state index contributed by atoms with van der Waals surface area (Å²) in [5.41, 5.74) is 1.73. The van der Waals surface area contributed by atoms with E-state index in [1.54, 1.807) is 22.6 Å². The summed E-state index contributed by atoms with van der Waals surface area (Å²) in [6.45, 7) is 0.604. The van der Waals surface area contributed by atoms with E-state index >= 15 is 0 Å². The number of aromatic nitrogens is 4. The Kier molecular flexibility index (Phi) is 3.40. The third-order valence-corrected chi connectivity index (χ3v) is 3.81. The van der Waals surface area contributed by atoms with Gasteiger partial charge in [-0.1, -0.05) is 30.3 Å². The highest BCUT2D eigenvalue weighted by molar-refractivity contribution is 9.10. The van der Waals surface area contributed by atoms with Crippen LogP contribution in [-0.2, 0) is 20.0 Å². The molecule has 0 saturated carbocycles. The molecule has 0 fully saturated rings. The normalized spacial score (nSPS) is 11.1. The lowest BCUT2D eigenvalue weighted by Crippen LogP contribution is -2.21. The first-order valence-corrected chi connectivity index (χ1v) is 7.07. The Hall–Kier alpha value is -1.95. The van der Waals surface area contributed by atoms with Gasteiger partial charge in [0.15, 0.2) is 5.65 Å². The zero-order valence-corrected chi connectivity index (χ0v) is 12.5. The topological polar surface area (TPSA) is 52.7 Å². The van der Waals surface area contributed by atoms with Gasteiger partial charge in [0.1, 0.15) is 9.99 Å². The van der Waals surface area contributed by atoms with Crippen molar-refractivity contribution in [1.29, 1.82) is 0 Å². The molecule has 3 aromatic rings. The molecule has 0 N–H and O–H groups in total. The SMILES string of the molecule is Cn1nc(Br)c2c(=O)n(CCc3ccccc3)cnc21. The number of rotatable bonds is 3. The van der Waals surface area contributed by atoms with Crippen LogP contribution in [-0.4, -0.2) is 19.3 Å². The van der Waals surface area contributed by atoms with E-state index in [1.807, 2.05) is 18.2 Å². The highest BCUT2D eigenvalue weighted by Gasteiger charge is 2.13. The van der Waals surface area contributed by atoms with Gasteiger partial charge < -0.3 is 0 Å². The minimum Gasteiger partial charge on any atom is -0.298 e. The third kappa shape index (κ3) is 2.27. The van der Waals surface area contributed by atoms with Gasteiger partial charge in [-0.05, 0) is 27.9 Å². The van der Waals surface area contributed by atoms with Crippen molar-refractivity contribution in [2.45, 2.75) is 13.0 Å². The van der Waals surface area contributed by atoms with Gasteiger partial charge in [0.2, 0.25) is 0 Å². The molecule has 3 rings (SSSR count). The van der Waals surface area contributed by atoms with Gasteiger partial charge >= 0.3 is 0 Å². The summed E-state index contributed by atoms with van der Waals surface area (Å²) in [6.07, 6.45) is 2.38. The van der Waals surface area contributed by atoms with Crippen molar-refractivity contribution in [3.63, 3.8) is 0 Å². The summed E-state index contributed by atoms with van der Waals surface area (Å²) in [5, 5.41) is 4.70. The van der Waals surface area contributed by atoms with Crippen LogP contribution in [0.4, 0.5) is 0 Å². The molecule has 0 aliphatic heterocycles. The largest absolute Gasteiger partial charge is 0.298 e. The van der Waals surface area contributed by atoms with E-state index in [2.05, 4.69) is 38.1 Å². The molecule has 20 heavy (non-hydrogen) atoms. The maximum absolute atomic E-state index is 12.4. The predicted molar refractivity (Wildman–Crippen MR) is 80.6 cm³/mol. The Morgan fingerprint density at radius 3 is 2.75 bits per heavy atom. The summed E-state index contributed by atoms with van der Waals surface area (Å²) < 4.78 is 3.77. The Balaban J connectivity index is 1.95. The van der Waals surface area contributed by atoms with Crippen molar-refractivity contribution in [1.82, 2.24) is 19.3 Å².